The van der Waals surface area contributed by atoms with Crippen LogP contribution in [0.1, 0.15) is 40.4 Å². The van der Waals surface area contributed by atoms with Gasteiger partial charge in [0.2, 0.25) is 0 Å². The predicted octanol–water partition coefficient (Wildman–Crippen LogP) is 3.82. The Balaban J connectivity index is 1.81. The summed E-state index contributed by atoms with van der Waals surface area (Å²) in [6, 6.07) is 15.8. The number of amides is 1. The van der Waals surface area contributed by atoms with E-state index in [1.807, 2.05) is 41.3 Å². The molecule has 0 saturated carbocycles. The zero-order chi connectivity index (χ0) is 16.9. The minimum atomic E-state index is 0.0891. The van der Waals surface area contributed by atoms with Crippen molar-refractivity contribution < 1.29 is 14.3 Å². The lowest BCUT2D eigenvalue weighted by Gasteiger charge is -2.25. The largest absolute Gasteiger partial charge is 0.497 e. The van der Waals surface area contributed by atoms with Crippen molar-refractivity contribution in [3.05, 3.63) is 65.2 Å². The summed E-state index contributed by atoms with van der Waals surface area (Å²) < 4.78 is 10.4. The van der Waals surface area contributed by atoms with Gasteiger partial charge < -0.3 is 14.4 Å². The smallest absolute Gasteiger partial charge is 0.254 e. The Morgan fingerprint density at radius 1 is 1.17 bits per heavy atom. The molecule has 0 aliphatic carbocycles. The number of nitrogens with zero attached hydrogens (tertiary/aromatic N) is 1. The van der Waals surface area contributed by atoms with Crippen LogP contribution < -0.4 is 4.74 Å². The number of methoxy groups -OCH3 is 2. The second-order valence-corrected chi connectivity index (χ2v) is 6.06. The molecule has 0 spiro atoms. The summed E-state index contributed by atoms with van der Waals surface area (Å²) in [6.07, 6.45) is 2.02. The quantitative estimate of drug-likeness (QED) is 0.839. The molecule has 1 saturated heterocycles. The van der Waals surface area contributed by atoms with Gasteiger partial charge in [0.1, 0.15) is 5.75 Å². The lowest BCUT2D eigenvalue weighted by molar-refractivity contribution is 0.0735. The van der Waals surface area contributed by atoms with E-state index < -0.39 is 0 Å². The van der Waals surface area contributed by atoms with Crippen molar-refractivity contribution in [2.45, 2.75) is 25.5 Å². The fraction of sp³-hybridized carbons (Fsp3) is 0.350. The lowest BCUT2D eigenvalue weighted by atomic mass is 10.0. The number of hydrogen-bond acceptors (Lipinski definition) is 3. The van der Waals surface area contributed by atoms with E-state index in [9.17, 15) is 4.79 Å². The van der Waals surface area contributed by atoms with E-state index >= 15 is 0 Å². The van der Waals surface area contributed by atoms with Gasteiger partial charge in [-0.25, -0.2) is 0 Å². The Kier molecular flexibility index (Phi) is 5.16. The van der Waals surface area contributed by atoms with Crippen LogP contribution in [0.3, 0.4) is 0 Å². The normalized spacial score (nSPS) is 17.1. The van der Waals surface area contributed by atoms with E-state index in [-0.39, 0.29) is 11.9 Å². The summed E-state index contributed by atoms with van der Waals surface area (Å²) in [5.74, 6) is 0.924. The van der Waals surface area contributed by atoms with Crippen molar-refractivity contribution >= 4 is 5.91 Å². The van der Waals surface area contributed by atoms with Gasteiger partial charge >= 0.3 is 0 Å². The van der Waals surface area contributed by atoms with Gasteiger partial charge in [-0.05, 0) is 48.2 Å². The Morgan fingerprint density at radius 2 is 1.96 bits per heavy atom. The van der Waals surface area contributed by atoms with Crippen molar-refractivity contribution in [3.8, 4) is 5.75 Å². The lowest BCUT2D eigenvalue weighted by Crippen LogP contribution is -2.30. The number of rotatable bonds is 5. The molecule has 2 aromatic rings. The van der Waals surface area contributed by atoms with Crippen LogP contribution in [-0.2, 0) is 11.3 Å². The van der Waals surface area contributed by atoms with Gasteiger partial charge in [-0.3, -0.25) is 4.79 Å². The monoisotopic (exact) mass is 325 g/mol. The summed E-state index contributed by atoms with van der Waals surface area (Å²) in [7, 11) is 3.32. The van der Waals surface area contributed by atoms with Crippen molar-refractivity contribution in [3.63, 3.8) is 0 Å². The molecule has 2 aromatic carbocycles. The number of hydrogen-bond donors (Lipinski definition) is 0. The molecule has 1 unspecified atom stereocenters. The fourth-order valence-corrected chi connectivity index (χ4v) is 3.31. The number of likely N-dealkylation sites (tertiary alicyclic amines) is 1. The van der Waals surface area contributed by atoms with Crippen LogP contribution in [0.5, 0.6) is 5.75 Å². The van der Waals surface area contributed by atoms with Crippen LogP contribution in [0, 0.1) is 0 Å². The molecule has 1 aliphatic heterocycles. The van der Waals surface area contributed by atoms with E-state index in [2.05, 4.69) is 12.1 Å². The highest BCUT2D eigenvalue weighted by Crippen LogP contribution is 2.34. The molecule has 1 atom stereocenters. The highest BCUT2D eigenvalue weighted by molar-refractivity contribution is 5.94. The number of ether oxygens (including phenoxy) is 2. The average Bonchev–Trinajstić information content (AvgIpc) is 3.11. The summed E-state index contributed by atoms with van der Waals surface area (Å²) >= 11 is 0. The SMILES string of the molecule is COCc1cccc(C(=O)N2CCCC2c2ccc(OC)cc2)c1. The third-order valence-corrected chi connectivity index (χ3v) is 4.50. The third-order valence-electron chi connectivity index (χ3n) is 4.50. The van der Waals surface area contributed by atoms with Crippen LogP contribution in [0.15, 0.2) is 48.5 Å². The molecular weight excluding hydrogens is 302 g/mol. The van der Waals surface area contributed by atoms with Gasteiger partial charge in [0.25, 0.3) is 5.91 Å². The maximum atomic E-state index is 13.0. The van der Waals surface area contributed by atoms with E-state index in [1.54, 1.807) is 14.2 Å². The Labute approximate surface area is 143 Å². The molecule has 4 nitrogen and oxygen atoms in total. The van der Waals surface area contributed by atoms with Crippen molar-refractivity contribution in [2.24, 2.45) is 0 Å². The highest BCUT2D eigenvalue weighted by Gasteiger charge is 2.30. The van der Waals surface area contributed by atoms with Gasteiger partial charge in [0.15, 0.2) is 0 Å². The standard InChI is InChI=1S/C20H23NO3/c1-23-14-15-5-3-6-17(13-15)20(22)21-12-4-7-19(21)16-8-10-18(24-2)11-9-16/h3,5-6,8-11,13,19H,4,7,12,14H2,1-2H3. The Bertz CT molecular complexity index is 696. The first-order chi connectivity index (χ1) is 11.7. The molecule has 126 valence electrons. The maximum absolute atomic E-state index is 13.0. The van der Waals surface area contributed by atoms with Crippen LogP contribution in [0.2, 0.25) is 0 Å². The zero-order valence-corrected chi connectivity index (χ0v) is 14.2. The topological polar surface area (TPSA) is 38.8 Å². The molecular formula is C20H23NO3. The molecule has 0 radical (unpaired) electrons. The van der Waals surface area contributed by atoms with Gasteiger partial charge in [0.05, 0.1) is 19.8 Å². The van der Waals surface area contributed by atoms with Gasteiger partial charge in [-0.15, -0.1) is 0 Å². The van der Waals surface area contributed by atoms with Crippen molar-refractivity contribution in [1.82, 2.24) is 4.90 Å². The summed E-state index contributed by atoms with van der Waals surface area (Å²) in [5.41, 5.74) is 2.91. The van der Waals surface area contributed by atoms with E-state index in [0.29, 0.717) is 6.61 Å². The van der Waals surface area contributed by atoms with Gasteiger partial charge in [-0.2, -0.15) is 0 Å². The minimum absolute atomic E-state index is 0.0891. The van der Waals surface area contributed by atoms with Crippen molar-refractivity contribution in [2.75, 3.05) is 20.8 Å². The highest BCUT2D eigenvalue weighted by atomic mass is 16.5. The summed E-state index contributed by atoms with van der Waals surface area (Å²) in [6.45, 7) is 1.31. The zero-order valence-electron chi connectivity index (χ0n) is 14.2. The molecule has 24 heavy (non-hydrogen) atoms. The summed E-state index contributed by atoms with van der Waals surface area (Å²) in [5, 5.41) is 0. The number of carbonyl (C=O) groups is 1. The second-order valence-electron chi connectivity index (χ2n) is 6.06. The maximum Gasteiger partial charge on any atom is 0.254 e. The van der Waals surface area contributed by atoms with E-state index in [1.165, 1.54) is 0 Å². The van der Waals surface area contributed by atoms with E-state index in [0.717, 1.165) is 41.8 Å². The Morgan fingerprint density at radius 3 is 2.67 bits per heavy atom. The number of carbonyl (C=O) groups excluding carboxylic acids is 1. The molecule has 1 heterocycles. The fourth-order valence-electron chi connectivity index (χ4n) is 3.31. The second kappa shape index (κ2) is 7.49. The number of benzene rings is 2. The van der Waals surface area contributed by atoms with Crippen LogP contribution in [0.25, 0.3) is 0 Å². The molecule has 0 bridgehead atoms. The molecule has 1 fully saturated rings. The first-order valence-electron chi connectivity index (χ1n) is 8.25. The van der Waals surface area contributed by atoms with Crippen LogP contribution in [-0.4, -0.2) is 31.6 Å². The van der Waals surface area contributed by atoms with Gasteiger partial charge in [0, 0.05) is 19.2 Å². The average molecular weight is 325 g/mol. The molecule has 1 amide bonds. The molecule has 0 N–H and O–H groups in total. The van der Waals surface area contributed by atoms with Gasteiger partial charge in [-0.1, -0.05) is 24.3 Å². The van der Waals surface area contributed by atoms with Crippen molar-refractivity contribution in [1.29, 1.82) is 0 Å². The molecule has 0 aromatic heterocycles. The van der Waals surface area contributed by atoms with E-state index in [4.69, 9.17) is 9.47 Å². The molecule has 4 heteroatoms. The van der Waals surface area contributed by atoms with Crippen LogP contribution >= 0.6 is 0 Å². The minimum Gasteiger partial charge on any atom is -0.497 e. The first kappa shape index (κ1) is 16.5. The molecule has 1 aliphatic rings. The summed E-state index contributed by atoms with van der Waals surface area (Å²) in [4.78, 5) is 15.0. The van der Waals surface area contributed by atoms with Crippen LogP contribution in [0.4, 0.5) is 0 Å². The Hall–Kier alpha value is -2.33. The first-order valence-corrected chi connectivity index (χ1v) is 8.25. The third kappa shape index (κ3) is 3.44. The predicted molar refractivity (Wildman–Crippen MR) is 93.2 cm³/mol. The molecule has 3 rings (SSSR count).